The standard InChI is InChI=1S/C16H19BrN6S.HI/c1-2-18-16(19-9-8-12-6-7-13(17)24-12)20-11-15-22-21-14-5-3-4-10-23(14)15;/h3-7,10H,2,8-9,11H2,1H3,(H2,18,19,20);1H. The quantitative estimate of drug-likeness (QED) is 0.289. The van der Waals surface area contributed by atoms with Gasteiger partial charge in [-0.05, 0) is 53.5 Å². The number of fused-ring (bicyclic) bond motifs is 1. The van der Waals surface area contributed by atoms with Crippen molar-refractivity contribution < 1.29 is 0 Å². The molecule has 0 saturated carbocycles. The van der Waals surface area contributed by atoms with Crippen LogP contribution in [0.15, 0.2) is 45.3 Å². The first-order valence-electron chi connectivity index (χ1n) is 7.81. The third-order valence-electron chi connectivity index (χ3n) is 3.40. The molecule has 0 aliphatic rings. The van der Waals surface area contributed by atoms with E-state index in [0.717, 1.165) is 40.7 Å². The molecule has 0 bridgehead atoms. The molecule has 134 valence electrons. The molecule has 3 rings (SSSR count). The average molecular weight is 535 g/mol. The Morgan fingerprint density at radius 3 is 2.88 bits per heavy atom. The van der Waals surface area contributed by atoms with Gasteiger partial charge in [0.2, 0.25) is 0 Å². The Hall–Kier alpha value is -1.20. The number of aromatic nitrogens is 3. The normalized spacial score (nSPS) is 11.4. The summed E-state index contributed by atoms with van der Waals surface area (Å²) >= 11 is 5.25. The summed E-state index contributed by atoms with van der Waals surface area (Å²) in [5.74, 6) is 1.62. The van der Waals surface area contributed by atoms with Crippen LogP contribution in [0.5, 0.6) is 0 Å². The zero-order valence-corrected chi connectivity index (χ0v) is 18.5. The first-order chi connectivity index (χ1) is 11.8. The zero-order valence-electron chi connectivity index (χ0n) is 13.8. The Bertz CT molecular complexity index is 831. The molecule has 0 atom stereocenters. The Labute approximate surface area is 176 Å². The first-order valence-corrected chi connectivity index (χ1v) is 9.42. The minimum Gasteiger partial charge on any atom is -0.357 e. The number of guanidine groups is 1. The van der Waals surface area contributed by atoms with Gasteiger partial charge in [0, 0.05) is 24.2 Å². The summed E-state index contributed by atoms with van der Waals surface area (Å²) in [5.41, 5.74) is 0.837. The summed E-state index contributed by atoms with van der Waals surface area (Å²) in [5, 5.41) is 15.0. The lowest BCUT2D eigenvalue weighted by Gasteiger charge is -2.10. The van der Waals surface area contributed by atoms with Crippen molar-refractivity contribution in [1.82, 2.24) is 25.2 Å². The first kappa shape index (κ1) is 20.1. The van der Waals surface area contributed by atoms with Crippen molar-refractivity contribution in [1.29, 1.82) is 0 Å². The number of hydrogen-bond acceptors (Lipinski definition) is 4. The largest absolute Gasteiger partial charge is 0.357 e. The summed E-state index contributed by atoms with van der Waals surface area (Å²) in [6.45, 7) is 4.18. The minimum absolute atomic E-state index is 0. The SMILES string of the molecule is CCNC(=NCc1nnc2ccccn12)NCCc1ccc(Br)s1.I. The Morgan fingerprint density at radius 1 is 1.24 bits per heavy atom. The summed E-state index contributed by atoms with van der Waals surface area (Å²) in [4.78, 5) is 5.95. The van der Waals surface area contributed by atoms with Gasteiger partial charge < -0.3 is 10.6 Å². The van der Waals surface area contributed by atoms with Crippen molar-refractivity contribution in [3.8, 4) is 0 Å². The van der Waals surface area contributed by atoms with Crippen molar-refractivity contribution in [3.05, 3.63) is 51.0 Å². The molecule has 0 aliphatic carbocycles. The van der Waals surface area contributed by atoms with Crippen LogP contribution in [0.25, 0.3) is 5.65 Å². The van der Waals surface area contributed by atoms with E-state index >= 15 is 0 Å². The van der Waals surface area contributed by atoms with Crippen molar-refractivity contribution in [3.63, 3.8) is 0 Å². The zero-order chi connectivity index (χ0) is 16.8. The Kier molecular flexibility index (Phi) is 8.10. The summed E-state index contributed by atoms with van der Waals surface area (Å²) in [6, 6.07) is 10.1. The molecule has 3 aromatic rings. The molecule has 9 heteroatoms. The highest BCUT2D eigenvalue weighted by molar-refractivity contribution is 14.0. The minimum atomic E-state index is 0. The van der Waals surface area contributed by atoms with E-state index in [9.17, 15) is 0 Å². The fraction of sp³-hybridized carbons (Fsp3) is 0.312. The number of hydrogen-bond donors (Lipinski definition) is 2. The van der Waals surface area contributed by atoms with E-state index in [4.69, 9.17) is 0 Å². The molecular formula is C16H20BrIN6S. The van der Waals surface area contributed by atoms with Crippen molar-refractivity contribution in [2.24, 2.45) is 4.99 Å². The highest BCUT2D eigenvalue weighted by Gasteiger charge is 2.05. The van der Waals surface area contributed by atoms with Crippen LogP contribution < -0.4 is 10.6 Å². The number of halogens is 2. The van der Waals surface area contributed by atoms with Crippen LogP contribution in [-0.2, 0) is 13.0 Å². The van der Waals surface area contributed by atoms with Gasteiger partial charge in [-0.25, -0.2) is 4.99 Å². The molecule has 3 heterocycles. The van der Waals surface area contributed by atoms with Gasteiger partial charge in [-0.15, -0.1) is 45.5 Å². The van der Waals surface area contributed by atoms with E-state index < -0.39 is 0 Å². The number of aliphatic imine (C=N–C) groups is 1. The van der Waals surface area contributed by atoms with Gasteiger partial charge in [0.1, 0.15) is 6.54 Å². The lowest BCUT2D eigenvalue weighted by molar-refractivity contribution is 0.791. The third kappa shape index (κ3) is 5.65. The topological polar surface area (TPSA) is 66.6 Å². The van der Waals surface area contributed by atoms with Crippen LogP contribution in [0.1, 0.15) is 17.6 Å². The van der Waals surface area contributed by atoms with Gasteiger partial charge in [-0.3, -0.25) is 4.40 Å². The Balaban J connectivity index is 0.00000225. The van der Waals surface area contributed by atoms with E-state index in [1.165, 1.54) is 4.88 Å². The summed E-state index contributed by atoms with van der Waals surface area (Å²) in [6.07, 6.45) is 2.92. The lowest BCUT2D eigenvalue weighted by Crippen LogP contribution is -2.38. The van der Waals surface area contributed by atoms with Crippen LogP contribution >= 0.6 is 51.2 Å². The van der Waals surface area contributed by atoms with Crippen molar-refractivity contribution >= 4 is 62.9 Å². The van der Waals surface area contributed by atoms with Gasteiger partial charge in [-0.1, -0.05) is 6.07 Å². The van der Waals surface area contributed by atoms with Crippen LogP contribution in [0.4, 0.5) is 0 Å². The maximum Gasteiger partial charge on any atom is 0.191 e. The predicted molar refractivity (Wildman–Crippen MR) is 117 cm³/mol. The molecule has 0 aromatic carbocycles. The monoisotopic (exact) mass is 534 g/mol. The lowest BCUT2D eigenvalue weighted by atomic mass is 10.3. The van der Waals surface area contributed by atoms with Crippen LogP contribution in [0.2, 0.25) is 0 Å². The van der Waals surface area contributed by atoms with E-state index in [2.05, 4.69) is 60.8 Å². The number of rotatable bonds is 6. The molecule has 6 nitrogen and oxygen atoms in total. The van der Waals surface area contributed by atoms with Gasteiger partial charge in [0.15, 0.2) is 17.4 Å². The second-order valence-corrected chi connectivity index (χ2v) is 7.67. The number of pyridine rings is 1. The molecule has 0 amide bonds. The van der Waals surface area contributed by atoms with E-state index in [1.807, 2.05) is 28.8 Å². The van der Waals surface area contributed by atoms with Crippen molar-refractivity contribution in [2.75, 3.05) is 13.1 Å². The fourth-order valence-electron chi connectivity index (χ4n) is 2.28. The molecule has 0 unspecified atom stereocenters. The molecule has 3 aromatic heterocycles. The smallest absolute Gasteiger partial charge is 0.191 e. The second-order valence-electron chi connectivity index (χ2n) is 5.12. The highest BCUT2D eigenvalue weighted by Crippen LogP contribution is 2.21. The highest BCUT2D eigenvalue weighted by atomic mass is 127. The van der Waals surface area contributed by atoms with E-state index in [0.29, 0.717) is 6.54 Å². The van der Waals surface area contributed by atoms with Gasteiger partial charge in [-0.2, -0.15) is 0 Å². The second kappa shape index (κ2) is 10.1. The maximum absolute atomic E-state index is 4.61. The molecule has 0 aliphatic heterocycles. The number of nitrogens with zero attached hydrogens (tertiary/aromatic N) is 4. The van der Waals surface area contributed by atoms with Crippen LogP contribution in [0, 0.1) is 0 Å². The van der Waals surface area contributed by atoms with Gasteiger partial charge >= 0.3 is 0 Å². The molecule has 0 radical (unpaired) electrons. The fourth-order valence-corrected chi connectivity index (χ4v) is 3.76. The molecule has 0 fully saturated rings. The number of thiophene rings is 1. The van der Waals surface area contributed by atoms with Gasteiger partial charge in [0.05, 0.1) is 3.79 Å². The van der Waals surface area contributed by atoms with Crippen LogP contribution in [0.3, 0.4) is 0 Å². The van der Waals surface area contributed by atoms with Crippen LogP contribution in [-0.4, -0.2) is 33.6 Å². The number of nitrogens with one attached hydrogen (secondary N) is 2. The van der Waals surface area contributed by atoms with E-state index in [1.54, 1.807) is 11.3 Å². The van der Waals surface area contributed by atoms with Crippen molar-refractivity contribution in [2.45, 2.75) is 19.9 Å². The van der Waals surface area contributed by atoms with Gasteiger partial charge in [0.25, 0.3) is 0 Å². The third-order valence-corrected chi connectivity index (χ3v) is 5.08. The summed E-state index contributed by atoms with van der Waals surface area (Å²) in [7, 11) is 0. The predicted octanol–water partition coefficient (Wildman–Crippen LogP) is 3.47. The maximum atomic E-state index is 4.61. The molecular weight excluding hydrogens is 515 g/mol. The van der Waals surface area contributed by atoms with E-state index in [-0.39, 0.29) is 24.0 Å². The molecule has 0 spiro atoms. The molecule has 2 N–H and O–H groups in total. The molecule has 0 saturated heterocycles. The Morgan fingerprint density at radius 2 is 2.12 bits per heavy atom. The summed E-state index contributed by atoms with van der Waals surface area (Å²) < 4.78 is 3.12. The molecule has 25 heavy (non-hydrogen) atoms. The average Bonchev–Trinajstić information content (AvgIpc) is 3.19.